The highest BCUT2D eigenvalue weighted by Crippen LogP contribution is 2.08. The molecule has 0 spiro atoms. The van der Waals surface area contributed by atoms with Crippen LogP contribution in [-0.2, 0) is 0 Å². The van der Waals surface area contributed by atoms with Gasteiger partial charge in [-0.25, -0.2) is 0 Å². The first-order chi connectivity index (χ1) is 4.66. The smallest absolute Gasteiger partial charge is 0.00288 e. The third kappa shape index (κ3) is 6.43. The zero-order valence-electron chi connectivity index (χ0n) is 7.30. The summed E-state index contributed by atoms with van der Waals surface area (Å²) in [4.78, 5) is 2.21. The van der Waals surface area contributed by atoms with Gasteiger partial charge in [-0.15, -0.1) is 0 Å². The fourth-order valence-electron chi connectivity index (χ4n) is 0.885. The molecular formula is C8H19NS. The van der Waals surface area contributed by atoms with Gasteiger partial charge in [0.1, 0.15) is 0 Å². The predicted octanol–water partition coefficient (Wildman–Crippen LogP) is 2.04. The van der Waals surface area contributed by atoms with Crippen LogP contribution in [0.2, 0.25) is 0 Å². The second kappa shape index (κ2) is 6.05. The highest BCUT2D eigenvalue weighted by molar-refractivity contribution is 7.80. The van der Waals surface area contributed by atoms with Crippen molar-refractivity contribution in [1.82, 2.24) is 4.90 Å². The normalized spacial score (nSPS) is 14.1. The average Bonchev–Trinajstić information content (AvgIpc) is 1.85. The van der Waals surface area contributed by atoms with Crippen LogP contribution in [-0.4, -0.2) is 30.8 Å². The summed E-state index contributed by atoms with van der Waals surface area (Å²) in [5, 5.41) is 0.604. The molecule has 1 nitrogen and oxygen atoms in total. The topological polar surface area (TPSA) is 3.24 Å². The lowest BCUT2D eigenvalue weighted by molar-refractivity contribution is 0.394. The molecule has 0 N–H and O–H groups in total. The Balaban J connectivity index is 3.12. The molecule has 0 aliphatic carbocycles. The minimum atomic E-state index is 0.604. The Bertz CT molecular complexity index is 73.7. The van der Waals surface area contributed by atoms with Crippen LogP contribution in [0.5, 0.6) is 0 Å². The van der Waals surface area contributed by atoms with Crippen LogP contribution in [0.1, 0.15) is 26.2 Å². The maximum atomic E-state index is 4.46. The summed E-state index contributed by atoms with van der Waals surface area (Å²) in [6.45, 7) is 3.37. The van der Waals surface area contributed by atoms with Crippen molar-refractivity contribution >= 4 is 12.6 Å². The van der Waals surface area contributed by atoms with E-state index < -0.39 is 0 Å². The number of thiol groups is 1. The average molecular weight is 161 g/mol. The minimum Gasteiger partial charge on any atom is -0.309 e. The lowest BCUT2D eigenvalue weighted by atomic mass is 10.2. The molecule has 0 aliphatic rings. The standard InChI is InChI=1S/C8H19NS/c1-4-5-8(10)6-7-9(2)3/h8,10H,4-7H2,1-3H3/t8-/m1/s1. The van der Waals surface area contributed by atoms with Crippen molar-refractivity contribution in [3.63, 3.8) is 0 Å². The molecule has 0 bridgehead atoms. The molecule has 0 heterocycles. The first-order valence-corrected chi connectivity index (χ1v) is 4.51. The van der Waals surface area contributed by atoms with Crippen molar-refractivity contribution in [2.75, 3.05) is 20.6 Å². The number of rotatable bonds is 5. The first-order valence-electron chi connectivity index (χ1n) is 3.99. The second-order valence-electron chi connectivity index (χ2n) is 3.03. The Hall–Kier alpha value is 0.310. The van der Waals surface area contributed by atoms with E-state index in [1.54, 1.807) is 0 Å². The van der Waals surface area contributed by atoms with Crippen LogP contribution in [0.3, 0.4) is 0 Å². The molecule has 0 saturated heterocycles. The fourth-order valence-corrected chi connectivity index (χ4v) is 1.26. The van der Waals surface area contributed by atoms with Gasteiger partial charge in [-0.1, -0.05) is 13.3 Å². The zero-order valence-corrected chi connectivity index (χ0v) is 8.19. The molecule has 0 aromatic heterocycles. The molecule has 0 saturated carbocycles. The van der Waals surface area contributed by atoms with Crippen molar-refractivity contribution in [3.8, 4) is 0 Å². The number of nitrogens with zero attached hydrogens (tertiary/aromatic N) is 1. The van der Waals surface area contributed by atoms with E-state index in [0.29, 0.717) is 5.25 Å². The van der Waals surface area contributed by atoms with Crippen molar-refractivity contribution < 1.29 is 0 Å². The Labute approximate surface area is 70.2 Å². The van der Waals surface area contributed by atoms with Gasteiger partial charge in [0.2, 0.25) is 0 Å². The van der Waals surface area contributed by atoms with E-state index >= 15 is 0 Å². The largest absolute Gasteiger partial charge is 0.309 e. The Morgan fingerprint density at radius 2 is 1.90 bits per heavy atom. The van der Waals surface area contributed by atoms with Gasteiger partial charge in [0.05, 0.1) is 0 Å². The molecule has 0 aromatic carbocycles. The summed E-state index contributed by atoms with van der Waals surface area (Å²) in [6.07, 6.45) is 3.71. The van der Waals surface area contributed by atoms with Gasteiger partial charge in [-0.05, 0) is 33.5 Å². The molecule has 10 heavy (non-hydrogen) atoms. The highest BCUT2D eigenvalue weighted by atomic mass is 32.1. The maximum absolute atomic E-state index is 4.46. The monoisotopic (exact) mass is 161 g/mol. The summed E-state index contributed by atoms with van der Waals surface area (Å²) in [6, 6.07) is 0. The summed E-state index contributed by atoms with van der Waals surface area (Å²) in [5.41, 5.74) is 0. The summed E-state index contributed by atoms with van der Waals surface area (Å²) < 4.78 is 0. The van der Waals surface area contributed by atoms with Crippen LogP contribution in [0.25, 0.3) is 0 Å². The Kier molecular flexibility index (Phi) is 6.24. The van der Waals surface area contributed by atoms with Crippen LogP contribution < -0.4 is 0 Å². The third-order valence-electron chi connectivity index (χ3n) is 1.53. The number of hydrogen-bond donors (Lipinski definition) is 1. The van der Waals surface area contributed by atoms with E-state index in [-0.39, 0.29) is 0 Å². The van der Waals surface area contributed by atoms with E-state index in [1.165, 1.54) is 19.3 Å². The molecule has 62 valence electrons. The van der Waals surface area contributed by atoms with Gasteiger partial charge < -0.3 is 4.90 Å². The molecule has 1 atom stereocenters. The van der Waals surface area contributed by atoms with E-state index in [9.17, 15) is 0 Å². The highest BCUT2D eigenvalue weighted by Gasteiger charge is 2.00. The lowest BCUT2D eigenvalue weighted by Crippen LogP contribution is -2.16. The van der Waals surface area contributed by atoms with Crippen molar-refractivity contribution in [1.29, 1.82) is 0 Å². The SMILES string of the molecule is CCC[C@@H](S)CCN(C)C. The van der Waals surface area contributed by atoms with Crippen molar-refractivity contribution in [2.24, 2.45) is 0 Å². The van der Waals surface area contributed by atoms with Crippen LogP contribution >= 0.6 is 12.6 Å². The molecule has 0 amide bonds. The quantitative estimate of drug-likeness (QED) is 0.604. The summed E-state index contributed by atoms with van der Waals surface area (Å²) in [7, 11) is 4.21. The van der Waals surface area contributed by atoms with Gasteiger partial charge in [-0.2, -0.15) is 12.6 Å². The summed E-state index contributed by atoms with van der Waals surface area (Å²) in [5.74, 6) is 0. The second-order valence-corrected chi connectivity index (χ2v) is 3.76. The van der Waals surface area contributed by atoms with E-state index in [0.717, 1.165) is 6.54 Å². The van der Waals surface area contributed by atoms with Crippen molar-refractivity contribution in [2.45, 2.75) is 31.4 Å². The van der Waals surface area contributed by atoms with Gasteiger partial charge in [-0.3, -0.25) is 0 Å². The zero-order chi connectivity index (χ0) is 7.98. The first kappa shape index (κ1) is 10.3. The molecule has 0 radical (unpaired) electrons. The predicted molar refractivity (Wildman–Crippen MR) is 50.9 cm³/mol. The molecule has 0 aliphatic heterocycles. The number of hydrogen-bond acceptors (Lipinski definition) is 2. The van der Waals surface area contributed by atoms with Crippen LogP contribution in [0.15, 0.2) is 0 Å². The van der Waals surface area contributed by atoms with Crippen LogP contribution in [0, 0.1) is 0 Å². The molecule has 0 rings (SSSR count). The molecule has 0 aromatic rings. The molecular weight excluding hydrogens is 142 g/mol. The van der Waals surface area contributed by atoms with Gasteiger partial charge in [0, 0.05) is 5.25 Å². The molecule has 2 heteroatoms. The minimum absolute atomic E-state index is 0.604. The summed E-state index contributed by atoms with van der Waals surface area (Å²) >= 11 is 4.46. The van der Waals surface area contributed by atoms with Gasteiger partial charge >= 0.3 is 0 Å². The third-order valence-corrected chi connectivity index (χ3v) is 2.05. The Morgan fingerprint density at radius 3 is 2.30 bits per heavy atom. The van der Waals surface area contributed by atoms with E-state index in [4.69, 9.17) is 0 Å². The fraction of sp³-hybridized carbons (Fsp3) is 1.00. The van der Waals surface area contributed by atoms with Crippen LogP contribution in [0.4, 0.5) is 0 Å². The molecule has 0 unspecified atom stereocenters. The Morgan fingerprint density at radius 1 is 1.30 bits per heavy atom. The van der Waals surface area contributed by atoms with E-state index in [1.807, 2.05) is 0 Å². The molecule has 0 fully saturated rings. The van der Waals surface area contributed by atoms with Crippen molar-refractivity contribution in [3.05, 3.63) is 0 Å². The van der Waals surface area contributed by atoms with Gasteiger partial charge in [0.15, 0.2) is 0 Å². The van der Waals surface area contributed by atoms with E-state index in [2.05, 4.69) is 38.5 Å². The van der Waals surface area contributed by atoms with Gasteiger partial charge in [0.25, 0.3) is 0 Å². The maximum Gasteiger partial charge on any atom is 0.00288 e. The lowest BCUT2D eigenvalue weighted by Gasteiger charge is -2.13.